The van der Waals surface area contributed by atoms with Crippen LogP contribution < -0.4 is 0 Å². The van der Waals surface area contributed by atoms with E-state index < -0.39 is 10.4 Å². The normalized spacial score (nSPS) is 7.25. The monoisotopic (exact) mass is 162 g/mol. The Morgan fingerprint density at radius 2 is 1.00 bits per heavy atom. The molecule has 0 unspecified atom stereocenters. The van der Waals surface area contributed by atoms with Gasteiger partial charge < -0.3 is 5.48 Å². The van der Waals surface area contributed by atoms with Crippen molar-refractivity contribution in [3.8, 4) is 0 Å². The molecular formula is H2Mg2O5S+2. The van der Waals surface area contributed by atoms with E-state index in [0.29, 0.717) is 0 Å². The minimum Gasteiger partial charge on any atom is -2.00 e. The van der Waals surface area contributed by atoms with Crippen LogP contribution in [0.1, 0.15) is 0 Å². The van der Waals surface area contributed by atoms with Gasteiger partial charge in [-0.25, -0.2) is 0 Å². The predicted molar refractivity (Wildman–Crippen MR) is 26.4 cm³/mol. The van der Waals surface area contributed by atoms with E-state index in [-0.39, 0.29) is 51.6 Å². The van der Waals surface area contributed by atoms with Crippen LogP contribution in [0.15, 0.2) is 0 Å². The Labute approximate surface area is 79.0 Å². The second-order valence-electron chi connectivity index (χ2n) is 0.448. The largest absolute Gasteiger partial charge is 2.00 e. The third kappa shape index (κ3) is 161. The quantitative estimate of drug-likeness (QED) is 0.333. The van der Waals surface area contributed by atoms with Gasteiger partial charge in [0.2, 0.25) is 0 Å². The molecule has 0 aliphatic rings. The van der Waals surface area contributed by atoms with Crippen molar-refractivity contribution < 1.29 is 23.0 Å². The topological polar surface area (TPSA) is 103 Å². The van der Waals surface area contributed by atoms with Gasteiger partial charge in [0.25, 0.3) is 0 Å². The van der Waals surface area contributed by atoms with Gasteiger partial charge in [-0.1, -0.05) is 0 Å². The summed E-state index contributed by atoms with van der Waals surface area (Å²) < 4.78 is 31.6. The van der Waals surface area contributed by atoms with Crippen LogP contribution in [0, 0.1) is 0 Å². The number of hydrogen-bond acceptors (Lipinski definition) is 2. The third-order valence-corrected chi connectivity index (χ3v) is 0. The zero-order valence-electron chi connectivity index (χ0n) is 3.94. The van der Waals surface area contributed by atoms with Gasteiger partial charge in [0, 0.05) is 0 Å². The molecule has 0 aromatic rings. The van der Waals surface area contributed by atoms with E-state index in [1.807, 2.05) is 0 Å². The fraction of sp³-hybridized carbons (Fsp3) is 0. The average molecular weight is 163 g/mol. The summed E-state index contributed by atoms with van der Waals surface area (Å²) in [6.07, 6.45) is 0. The SMILES string of the molecule is O=S(=O)(O)O.[Mg+2].[Mg+2].[O-2]. The Bertz CT molecular complexity index is 93.6. The van der Waals surface area contributed by atoms with E-state index >= 15 is 0 Å². The first-order valence-corrected chi connectivity index (χ1v) is 2.10. The molecule has 0 fully saturated rings. The molecule has 0 saturated heterocycles. The minimum atomic E-state index is -4.67. The molecule has 0 aliphatic carbocycles. The van der Waals surface area contributed by atoms with Gasteiger partial charge >= 0.3 is 56.5 Å². The van der Waals surface area contributed by atoms with Crippen LogP contribution in [0.25, 0.3) is 0 Å². The van der Waals surface area contributed by atoms with Crippen LogP contribution in [0.4, 0.5) is 0 Å². The third-order valence-electron chi connectivity index (χ3n) is 0. The molecule has 0 aromatic carbocycles. The van der Waals surface area contributed by atoms with E-state index in [0.717, 1.165) is 0 Å². The molecule has 0 saturated carbocycles. The molecule has 0 rings (SSSR count). The van der Waals surface area contributed by atoms with Gasteiger partial charge in [-0.3, -0.25) is 9.11 Å². The summed E-state index contributed by atoms with van der Waals surface area (Å²) in [6, 6.07) is 0. The van der Waals surface area contributed by atoms with Crippen LogP contribution in [0.3, 0.4) is 0 Å². The zero-order chi connectivity index (χ0) is 4.50. The molecule has 2 N–H and O–H groups in total. The summed E-state index contributed by atoms with van der Waals surface area (Å²) in [7, 11) is -4.67. The predicted octanol–water partition coefficient (Wildman–Crippen LogP) is -1.53. The minimum absolute atomic E-state index is 0. The van der Waals surface area contributed by atoms with Gasteiger partial charge in [-0.2, -0.15) is 8.42 Å². The van der Waals surface area contributed by atoms with E-state index in [1.165, 1.54) is 0 Å². The summed E-state index contributed by atoms with van der Waals surface area (Å²) in [6.45, 7) is 0. The maximum absolute atomic E-state index is 8.74. The first-order chi connectivity index (χ1) is 2.00. The Kier molecular flexibility index (Phi) is 23.8. The molecule has 0 aromatic heterocycles. The van der Waals surface area contributed by atoms with Gasteiger partial charge in [0.05, 0.1) is 0 Å². The first-order valence-electron chi connectivity index (χ1n) is 0.698. The Balaban J connectivity index is -0.0000000267. The summed E-state index contributed by atoms with van der Waals surface area (Å²) >= 11 is 0. The Morgan fingerprint density at radius 3 is 1.00 bits per heavy atom. The van der Waals surface area contributed by atoms with Gasteiger partial charge in [0.1, 0.15) is 0 Å². The van der Waals surface area contributed by atoms with E-state index in [1.54, 1.807) is 0 Å². The smallest absolute Gasteiger partial charge is 2.00 e. The van der Waals surface area contributed by atoms with E-state index in [9.17, 15) is 0 Å². The number of rotatable bonds is 0. The maximum Gasteiger partial charge on any atom is 2.00 e. The fourth-order valence-corrected chi connectivity index (χ4v) is 0. The van der Waals surface area contributed by atoms with Crippen molar-refractivity contribution in [2.45, 2.75) is 0 Å². The zero-order valence-corrected chi connectivity index (χ0v) is 7.59. The summed E-state index contributed by atoms with van der Waals surface area (Å²) in [5.74, 6) is 0. The van der Waals surface area contributed by atoms with Gasteiger partial charge in [-0.15, -0.1) is 0 Å². The van der Waals surface area contributed by atoms with Crippen molar-refractivity contribution >= 4 is 56.5 Å². The second kappa shape index (κ2) is 8.36. The second-order valence-corrected chi connectivity index (χ2v) is 1.34. The van der Waals surface area contributed by atoms with Crippen LogP contribution in [0.2, 0.25) is 0 Å². The molecule has 8 heteroatoms. The maximum atomic E-state index is 8.74. The van der Waals surface area contributed by atoms with Crippen molar-refractivity contribution in [2.75, 3.05) is 0 Å². The standard InChI is InChI=1S/2Mg.H2O4S.O/c;;1-5(2,3)4;/h;;(H2,1,2,3,4);/q2*+2;;-2. The molecule has 0 spiro atoms. The van der Waals surface area contributed by atoms with Crippen molar-refractivity contribution in [1.82, 2.24) is 0 Å². The van der Waals surface area contributed by atoms with E-state index in [4.69, 9.17) is 17.5 Å². The molecule has 0 atom stereocenters. The van der Waals surface area contributed by atoms with Gasteiger partial charge in [0.15, 0.2) is 0 Å². The van der Waals surface area contributed by atoms with E-state index in [2.05, 4.69) is 0 Å². The molecule has 0 bridgehead atoms. The molecule has 5 nitrogen and oxygen atoms in total. The van der Waals surface area contributed by atoms with Crippen molar-refractivity contribution in [3.63, 3.8) is 0 Å². The van der Waals surface area contributed by atoms with Crippen molar-refractivity contribution in [2.24, 2.45) is 0 Å². The fourth-order valence-electron chi connectivity index (χ4n) is 0. The first kappa shape index (κ1) is 22.8. The Hall–Kier alpha value is 1.36. The molecule has 0 radical (unpaired) electrons. The van der Waals surface area contributed by atoms with Crippen LogP contribution in [-0.4, -0.2) is 63.6 Å². The molecule has 0 amide bonds. The molecule has 0 aliphatic heterocycles. The summed E-state index contributed by atoms with van der Waals surface area (Å²) in [4.78, 5) is 0. The van der Waals surface area contributed by atoms with Crippen LogP contribution in [0.5, 0.6) is 0 Å². The van der Waals surface area contributed by atoms with Gasteiger partial charge in [-0.05, 0) is 0 Å². The van der Waals surface area contributed by atoms with Crippen molar-refractivity contribution in [3.05, 3.63) is 0 Å². The summed E-state index contributed by atoms with van der Waals surface area (Å²) in [5, 5.41) is 0. The number of hydrogen-bond donors (Lipinski definition) is 2. The molecule has 8 heavy (non-hydrogen) atoms. The average Bonchev–Trinajstić information content (AvgIpc) is 0.722. The van der Waals surface area contributed by atoms with Crippen LogP contribution in [-0.2, 0) is 15.9 Å². The Morgan fingerprint density at radius 1 is 1.00 bits per heavy atom. The van der Waals surface area contributed by atoms with Crippen molar-refractivity contribution in [1.29, 1.82) is 0 Å². The van der Waals surface area contributed by atoms with Crippen LogP contribution >= 0.6 is 0 Å². The molecular weight excluding hydrogens is 161 g/mol. The molecule has 0 heterocycles. The summed E-state index contributed by atoms with van der Waals surface area (Å²) in [5.41, 5.74) is 0. The molecule has 40 valence electrons.